The second kappa shape index (κ2) is 8.11. The maximum atomic E-state index is 12.5. The highest BCUT2D eigenvalue weighted by Gasteiger charge is 2.25. The van der Waals surface area contributed by atoms with Crippen LogP contribution in [0.4, 0.5) is 11.4 Å². The van der Waals surface area contributed by atoms with Crippen LogP contribution in [-0.2, 0) is 4.79 Å². The summed E-state index contributed by atoms with van der Waals surface area (Å²) in [6.07, 6.45) is 0. The average Bonchev–Trinajstić information content (AvgIpc) is 2.63. The van der Waals surface area contributed by atoms with Gasteiger partial charge >= 0.3 is 0 Å². The Morgan fingerprint density at radius 1 is 1.04 bits per heavy atom. The largest absolute Gasteiger partial charge is 0.369 e. The minimum absolute atomic E-state index is 0.00639. The maximum Gasteiger partial charge on any atom is 0.241 e. The van der Waals surface area contributed by atoms with Gasteiger partial charge in [0.2, 0.25) is 5.91 Å². The molecule has 5 heteroatoms. The number of nitrogens with one attached hydrogen (secondary N) is 1. The van der Waals surface area contributed by atoms with Crippen LogP contribution in [0, 0.1) is 13.8 Å². The minimum Gasteiger partial charge on any atom is -0.369 e. The number of piperazine rings is 1. The summed E-state index contributed by atoms with van der Waals surface area (Å²) in [5, 5.41) is 3.58. The second-order valence-electron chi connectivity index (χ2n) is 6.97. The number of carbonyl (C=O) groups is 1. The molecule has 1 aliphatic rings. The summed E-state index contributed by atoms with van der Waals surface area (Å²) in [5.74, 6) is 0.00639. The molecule has 0 bridgehead atoms. The van der Waals surface area contributed by atoms with Crippen molar-refractivity contribution in [3.05, 3.63) is 58.6 Å². The van der Waals surface area contributed by atoms with Crippen molar-refractivity contribution >= 4 is 28.9 Å². The first kappa shape index (κ1) is 18.7. The van der Waals surface area contributed by atoms with E-state index in [9.17, 15) is 4.79 Å². The normalized spacial score (nSPS) is 16.4. The molecular weight excluding hydrogens is 346 g/mol. The smallest absolute Gasteiger partial charge is 0.241 e. The summed E-state index contributed by atoms with van der Waals surface area (Å²) in [7, 11) is 0. The number of hydrogen-bond donors (Lipinski definition) is 1. The lowest BCUT2D eigenvalue weighted by Gasteiger charge is -2.38. The van der Waals surface area contributed by atoms with E-state index >= 15 is 0 Å². The van der Waals surface area contributed by atoms with Crippen LogP contribution in [0.1, 0.15) is 18.1 Å². The summed E-state index contributed by atoms with van der Waals surface area (Å²) in [5.41, 5.74) is 4.64. The van der Waals surface area contributed by atoms with E-state index in [4.69, 9.17) is 11.6 Å². The van der Waals surface area contributed by atoms with Crippen LogP contribution in [0.15, 0.2) is 42.5 Å². The zero-order valence-corrected chi connectivity index (χ0v) is 16.4. The van der Waals surface area contributed by atoms with Crippen molar-refractivity contribution in [2.75, 3.05) is 36.4 Å². The fourth-order valence-corrected chi connectivity index (χ4v) is 3.46. The predicted octanol–water partition coefficient (Wildman–Crippen LogP) is 4.11. The van der Waals surface area contributed by atoms with Gasteiger partial charge in [-0.25, -0.2) is 0 Å². The number of amides is 1. The van der Waals surface area contributed by atoms with E-state index in [1.54, 1.807) is 12.1 Å². The average molecular weight is 372 g/mol. The van der Waals surface area contributed by atoms with Gasteiger partial charge in [0.1, 0.15) is 0 Å². The van der Waals surface area contributed by atoms with E-state index in [0.29, 0.717) is 5.02 Å². The summed E-state index contributed by atoms with van der Waals surface area (Å²) in [4.78, 5) is 17.2. The Morgan fingerprint density at radius 2 is 1.77 bits per heavy atom. The fraction of sp³-hybridized carbons (Fsp3) is 0.381. The van der Waals surface area contributed by atoms with Crippen molar-refractivity contribution in [3.63, 3.8) is 0 Å². The van der Waals surface area contributed by atoms with Crippen molar-refractivity contribution in [2.45, 2.75) is 26.8 Å². The van der Waals surface area contributed by atoms with Gasteiger partial charge in [0.25, 0.3) is 0 Å². The molecule has 0 spiro atoms. The Balaban J connectivity index is 1.56. The Bertz CT molecular complexity index is 785. The SMILES string of the molecule is Cc1ccc(N2CCN(C(C)C(=O)Nc3cccc(Cl)c3)CC2)cc1C. The van der Waals surface area contributed by atoms with Gasteiger partial charge in [0, 0.05) is 42.6 Å². The molecule has 26 heavy (non-hydrogen) atoms. The summed E-state index contributed by atoms with van der Waals surface area (Å²) >= 11 is 5.98. The summed E-state index contributed by atoms with van der Waals surface area (Å²) < 4.78 is 0. The zero-order valence-electron chi connectivity index (χ0n) is 15.6. The number of rotatable bonds is 4. The number of hydrogen-bond acceptors (Lipinski definition) is 3. The molecule has 138 valence electrons. The molecule has 1 fully saturated rings. The van der Waals surface area contributed by atoms with Crippen molar-refractivity contribution in [3.8, 4) is 0 Å². The molecule has 1 N–H and O–H groups in total. The van der Waals surface area contributed by atoms with Crippen molar-refractivity contribution in [1.29, 1.82) is 0 Å². The number of anilines is 2. The molecule has 3 rings (SSSR count). The Kier molecular flexibility index (Phi) is 5.84. The highest BCUT2D eigenvalue weighted by atomic mass is 35.5. The summed E-state index contributed by atoms with van der Waals surface area (Å²) in [6.45, 7) is 9.85. The minimum atomic E-state index is -0.170. The maximum absolute atomic E-state index is 12.5. The standard InChI is InChI=1S/C21H26ClN3O/c1-15-7-8-20(13-16(15)2)25-11-9-24(10-12-25)17(3)21(26)23-19-6-4-5-18(22)14-19/h4-8,13-14,17H,9-12H2,1-3H3,(H,23,26). The van der Waals surface area contributed by atoms with Gasteiger partial charge in [-0.05, 0) is 62.2 Å². The molecule has 0 radical (unpaired) electrons. The number of aryl methyl sites for hydroxylation is 2. The van der Waals surface area contributed by atoms with E-state index in [1.807, 2.05) is 19.1 Å². The first-order valence-corrected chi connectivity index (χ1v) is 9.44. The van der Waals surface area contributed by atoms with Crippen LogP contribution in [-0.4, -0.2) is 43.0 Å². The second-order valence-corrected chi connectivity index (χ2v) is 7.40. The third-order valence-electron chi connectivity index (χ3n) is 5.19. The molecule has 0 aliphatic carbocycles. The topological polar surface area (TPSA) is 35.6 Å². The van der Waals surface area contributed by atoms with Gasteiger partial charge in [-0.2, -0.15) is 0 Å². The van der Waals surface area contributed by atoms with Crippen LogP contribution >= 0.6 is 11.6 Å². The van der Waals surface area contributed by atoms with Gasteiger partial charge in [0.15, 0.2) is 0 Å². The molecule has 1 unspecified atom stereocenters. The Labute approximate surface area is 160 Å². The van der Waals surface area contributed by atoms with Crippen LogP contribution in [0.25, 0.3) is 0 Å². The highest BCUT2D eigenvalue weighted by molar-refractivity contribution is 6.30. The molecular formula is C21H26ClN3O. The first-order chi connectivity index (χ1) is 12.4. The molecule has 1 heterocycles. The van der Waals surface area contributed by atoms with Crippen LogP contribution in [0.3, 0.4) is 0 Å². The highest BCUT2D eigenvalue weighted by Crippen LogP contribution is 2.21. The van der Waals surface area contributed by atoms with E-state index < -0.39 is 0 Å². The lowest BCUT2D eigenvalue weighted by atomic mass is 10.1. The van der Waals surface area contributed by atoms with Crippen molar-refractivity contribution in [2.24, 2.45) is 0 Å². The molecule has 0 saturated carbocycles. The van der Waals surface area contributed by atoms with Gasteiger partial charge in [-0.1, -0.05) is 23.7 Å². The third-order valence-corrected chi connectivity index (χ3v) is 5.42. The lowest BCUT2D eigenvalue weighted by molar-refractivity contribution is -0.120. The first-order valence-electron chi connectivity index (χ1n) is 9.07. The van der Waals surface area contributed by atoms with Crippen molar-refractivity contribution < 1.29 is 4.79 Å². The number of benzene rings is 2. The van der Waals surface area contributed by atoms with Gasteiger partial charge in [0.05, 0.1) is 6.04 Å². The molecule has 0 aromatic heterocycles. The number of nitrogens with zero attached hydrogens (tertiary/aromatic N) is 2. The zero-order chi connectivity index (χ0) is 18.7. The lowest BCUT2D eigenvalue weighted by Crippen LogP contribution is -2.52. The van der Waals surface area contributed by atoms with Gasteiger partial charge in [-0.15, -0.1) is 0 Å². The van der Waals surface area contributed by atoms with Crippen LogP contribution in [0.5, 0.6) is 0 Å². The molecule has 4 nitrogen and oxygen atoms in total. The molecule has 1 saturated heterocycles. The fourth-order valence-electron chi connectivity index (χ4n) is 3.27. The molecule has 1 aliphatic heterocycles. The summed E-state index contributed by atoms with van der Waals surface area (Å²) in [6, 6.07) is 13.7. The van der Waals surface area contributed by atoms with E-state index in [2.05, 4.69) is 47.2 Å². The van der Waals surface area contributed by atoms with Gasteiger partial charge in [-0.3, -0.25) is 9.69 Å². The van der Waals surface area contributed by atoms with Crippen molar-refractivity contribution in [1.82, 2.24) is 4.90 Å². The molecule has 1 amide bonds. The third kappa shape index (κ3) is 4.37. The van der Waals surface area contributed by atoms with E-state index in [1.165, 1.54) is 16.8 Å². The quantitative estimate of drug-likeness (QED) is 0.878. The molecule has 1 atom stereocenters. The predicted molar refractivity (Wildman–Crippen MR) is 109 cm³/mol. The molecule has 2 aromatic rings. The van der Waals surface area contributed by atoms with E-state index in [0.717, 1.165) is 31.9 Å². The van der Waals surface area contributed by atoms with Gasteiger partial charge < -0.3 is 10.2 Å². The number of carbonyl (C=O) groups excluding carboxylic acids is 1. The monoisotopic (exact) mass is 371 g/mol. The van der Waals surface area contributed by atoms with E-state index in [-0.39, 0.29) is 11.9 Å². The van der Waals surface area contributed by atoms with Crippen LogP contribution in [0.2, 0.25) is 5.02 Å². The molecule has 2 aromatic carbocycles. The Hall–Kier alpha value is -2.04. The number of halogens is 1. The Morgan fingerprint density at radius 3 is 2.42 bits per heavy atom. The van der Waals surface area contributed by atoms with Crippen LogP contribution < -0.4 is 10.2 Å².